The second-order valence-electron chi connectivity index (χ2n) is 7.01. The van der Waals surface area contributed by atoms with E-state index in [2.05, 4.69) is 0 Å². The molecule has 3 rings (SSSR count). The van der Waals surface area contributed by atoms with E-state index in [1.165, 1.54) is 24.3 Å². The first-order valence-electron chi connectivity index (χ1n) is 9.48. The summed E-state index contributed by atoms with van der Waals surface area (Å²) in [4.78, 5) is 12.3. The number of carbonyl (C=O) groups excluding carboxylic acids is 1. The normalized spacial score (nSPS) is 22.2. The first-order valence-corrected chi connectivity index (χ1v) is 9.86. The lowest BCUT2D eigenvalue weighted by molar-refractivity contribution is -0.152. The molecule has 0 radical (unpaired) electrons. The number of aliphatic hydroxyl groups is 3. The number of nitrogens with one attached hydrogen (secondary N) is 1. The summed E-state index contributed by atoms with van der Waals surface area (Å²) in [7, 11) is 0. The molecule has 162 valence electrons. The van der Waals surface area contributed by atoms with E-state index < -0.39 is 24.0 Å². The summed E-state index contributed by atoms with van der Waals surface area (Å²) in [6, 6.07) is 9.58. The highest BCUT2D eigenvalue weighted by atomic mass is 35.5. The summed E-state index contributed by atoms with van der Waals surface area (Å²) < 4.78 is 11.1. The Morgan fingerprint density at radius 3 is 2.53 bits per heavy atom. The minimum atomic E-state index is -2.44. The van der Waals surface area contributed by atoms with Gasteiger partial charge in [0.1, 0.15) is 17.9 Å². The lowest BCUT2D eigenvalue weighted by Gasteiger charge is -2.35. The molecule has 0 amide bonds. The lowest BCUT2D eigenvalue weighted by atomic mass is 9.89. The first kappa shape index (κ1) is 22.6. The molecule has 0 saturated carbocycles. The van der Waals surface area contributed by atoms with Crippen LogP contribution in [0.1, 0.15) is 36.1 Å². The average molecular weight is 438 g/mol. The fraction of sp³-hybridized carbons (Fsp3) is 0.381. The summed E-state index contributed by atoms with van der Waals surface area (Å²) in [6.07, 6.45) is -1.74. The van der Waals surface area contributed by atoms with Gasteiger partial charge in [-0.1, -0.05) is 17.7 Å². The Balaban J connectivity index is 1.98. The van der Waals surface area contributed by atoms with Crippen molar-refractivity contribution in [3.8, 4) is 5.75 Å². The molecular formula is C21H24ClNO7. The molecule has 1 heterocycles. The number of hydrogen-bond donors (Lipinski definition) is 5. The van der Waals surface area contributed by atoms with Gasteiger partial charge in [-0.3, -0.25) is 4.79 Å². The van der Waals surface area contributed by atoms with Crippen LogP contribution in [0.5, 0.6) is 5.75 Å². The van der Waals surface area contributed by atoms with Crippen LogP contribution in [0.3, 0.4) is 0 Å². The zero-order chi connectivity index (χ0) is 21.9. The summed E-state index contributed by atoms with van der Waals surface area (Å²) in [5.41, 5.74) is 2.46. The second-order valence-corrected chi connectivity index (χ2v) is 7.41. The van der Waals surface area contributed by atoms with Crippen LogP contribution in [-0.2, 0) is 15.3 Å². The van der Waals surface area contributed by atoms with Crippen molar-refractivity contribution in [1.82, 2.24) is 5.48 Å². The van der Waals surface area contributed by atoms with Crippen molar-refractivity contribution in [3.63, 3.8) is 0 Å². The summed E-state index contributed by atoms with van der Waals surface area (Å²) in [6.45, 7) is 1.96. The van der Waals surface area contributed by atoms with Crippen LogP contribution < -0.4 is 10.2 Å². The van der Waals surface area contributed by atoms with Gasteiger partial charge in [-0.25, -0.2) is 0 Å². The number of rotatable bonds is 7. The molecule has 1 aliphatic heterocycles. The van der Waals surface area contributed by atoms with E-state index >= 15 is 0 Å². The van der Waals surface area contributed by atoms with Gasteiger partial charge in [-0.05, 0) is 48.9 Å². The van der Waals surface area contributed by atoms with Crippen molar-refractivity contribution in [3.05, 3.63) is 64.2 Å². The maximum Gasteiger partial charge on any atom is 0.218 e. The topological polar surface area (TPSA) is 128 Å². The molecule has 1 saturated heterocycles. The van der Waals surface area contributed by atoms with Crippen LogP contribution in [0, 0.1) is 0 Å². The van der Waals surface area contributed by atoms with Crippen LogP contribution >= 0.6 is 11.6 Å². The molecule has 3 atom stereocenters. The van der Waals surface area contributed by atoms with Crippen molar-refractivity contribution < 1.29 is 34.8 Å². The van der Waals surface area contributed by atoms with E-state index in [-0.39, 0.29) is 35.0 Å². The van der Waals surface area contributed by atoms with Crippen LogP contribution in [0.2, 0.25) is 5.02 Å². The van der Waals surface area contributed by atoms with Gasteiger partial charge in [0, 0.05) is 22.6 Å². The molecule has 0 spiro atoms. The summed E-state index contributed by atoms with van der Waals surface area (Å²) >= 11 is 6.25. The van der Waals surface area contributed by atoms with Crippen molar-refractivity contribution in [2.45, 2.75) is 37.4 Å². The highest BCUT2D eigenvalue weighted by molar-refractivity contribution is 6.31. The minimum Gasteiger partial charge on any atom is -0.494 e. The molecule has 9 heteroatoms. The fourth-order valence-corrected chi connectivity index (χ4v) is 3.71. The quantitative estimate of drug-likeness (QED) is 0.327. The summed E-state index contributed by atoms with van der Waals surface area (Å²) in [5.74, 6) is -2.19. The number of ketones is 1. The minimum absolute atomic E-state index is 0.0234. The Hall–Kier alpha value is -2.04. The SMILES string of the molecule is CCOc1ccc(C(O)(O)c2cc(C3OC(CO)CC(=O)C3NO)ccc2Cl)cc1. The average Bonchev–Trinajstić information content (AvgIpc) is 2.74. The molecule has 0 aromatic heterocycles. The van der Waals surface area contributed by atoms with Gasteiger partial charge in [0.15, 0.2) is 5.78 Å². The molecule has 5 N–H and O–H groups in total. The van der Waals surface area contributed by atoms with Gasteiger partial charge in [0.25, 0.3) is 0 Å². The Morgan fingerprint density at radius 2 is 1.93 bits per heavy atom. The molecule has 0 bridgehead atoms. The van der Waals surface area contributed by atoms with Crippen LogP contribution in [-0.4, -0.2) is 51.7 Å². The predicted octanol–water partition coefficient (Wildman–Crippen LogP) is 1.66. The number of benzene rings is 2. The van der Waals surface area contributed by atoms with E-state index in [0.29, 0.717) is 17.9 Å². The molecule has 2 aromatic rings. The first-order chi connectivity index (χ1) is 14.3. The van der Waals surface area contributed by atoms with Crippen LogP contribution in [0.25, 0.3) is 0 Å². The Bertz CT molecular complexity index is 887. The van der Waals surface area contributed by atoms with Gasteiger partial charge in [-0.2, -0.15) is 5.48 Å². The van der Waals surface area contributed by atoms with Crippen molar-refractivity contribution in [2.75, 3.05) is 13.2 Å². The Labute approximate surface area is 178 Å². The largest absolute Gasteiger partial charge is 0.494 e. The molecule has 1 aliphatic rings. The van der Waals surface area contributed by atoms with Crippen molar-refractivity contribution in [2.24, 2.45) is 0 Å². The highest BCUT2D eigenvalue weighted by Gasteiger charge is 2.39. The molecule has 0 aliphatic carbocycles. The molecule has 1 fully saturated rings. The van der Waals surface area contributed by atoms with E-state index in [1.54, 1.807) is 18.2 Å². The number of hydroxylamine groups is 1. The molecule has 30 heavy (non-hydrogen) atoms. The van der Waals surface area contributed by atoms with E-state index in [1.807, 2.05) is 12.4 Å². The standard InChI is InChI=1S/C21H24ClNO7/c1-2-29-14-6-4-13(5-7-14)21(26,27)16-9-12(3-8-17(16)22)20-19(23-28)18(25)10-15(11-24)30-20/h3-9,15,19-20,23-24,26-28H,2,10-11H2,1H3. The third-order valence-corrected chi connectivity index (χ3v) is 5.35. The zero-order valence-electron chi connectivity index (χ0n) is 16.3. The third-order valence-electron chi connectivity index (χ3n) is 5.02. The van der Waals surface area contributed by atoms with Crippen molar-refractivity contribution in [1.29, 1.82) is 0 Å². The van der Waals surface area contributed by atoms with Gasteiger partial charge in [0.2, 0.25) is 5.79 Å². The molecular weight excluding hydrogens is 414 g/mol. The second kappa shape index (κ2) is 9.40. The molecule has 8 nitrogen and oxygen atoms in total. The van der Waals surface area contributed by atoms with Crippen LogP contribution in [0.4, 0.5) is 0 Å². The van der Waals surface area contributed by atoms with Crippen LogP contribution in [0.15, 0.2) is 42.5 Å². The fourth-order valence-electron chi connectivity index (χ4n) is 3.47. The number of halogens is 1. The number of ether oxygens (including phenoxy) is 2. The number of Topliss-reactive ketones (excluding diaryl/α,β-unsaturated/α-hetero) is 1. The van der Waals surface area contributed by atoms with Crippen molar-refractivity contribution >= 4 is 17.4 Å². The zero-order valence-corrected chi connectivity index (χ0v) is 17.0. The smallest absolute Gasteiger partial charge is 0.218 e. The number of hydrogen-bond acceptors (Lipinski definition) is 8. The van der Waals surface area contributed by atoms with E-state index in [4.69, 9.17) is 21.1 Å². The number of aliphatic hydroxyl groups excluding tert-OH is 1. The number of carbonyl (C=O) groups is 1. The van der Waals surface area contributed by atoms with E-state index in [9.17, 15) is 25.3 Å². The maximum absolute atomic E-state index is 12.3. The summed E-state index contributed by atoms with van der Waals surface area (Å²) in [5, 5.41) is 40.7. The highest BCUT2D eigenvalue weighted by Crippen LogP contribution is 2.37. The lowest BCUT2D eigenvalue weighted by Crippen LogP contribution is -2.48. The van der Waals surface area contributed by atoms with Gasteiger partial charge in [0.05, 0.1) is 19.3 Å². The molecule has 3 unspecified atom stereocenters. The predicted molar refractivity (Wildman–Crippen MR) is 107 cm³/mol. The van der Waals surface area contributed by atoms with Gasteiger partial charge in [-0.15, -0.1) is 0 Å². The third kappa shape index (κ3) is 4.50. The molecule has 2 aromatic carbocycles. The maximum atomic E-state index is 12.3. The van der Waals surface area contributed by atoms with E-state index in [0.717, 1.165) is 0 Å². The Morgan fingerprint density at radius 1 is 1.23 bits per heavy atom. The monoisotopic (exact) mass is 437 g/mol. The Kier molecular flexibility index (Phi) is 7.10. The van der Waals surface area contributed by atoms with Gasteiger partial charge < -0.3 is 30.0 Å². The van der Waals surface area contributed by atoms with Gasteiger partial charge >= 0.3 is 0 Å².